The minimum Gasteiger partial charge on any atom is -0.496 e. The molecule has 8 rings (SSSR count). The largest absolute Gasteiger partial charge is 0.496 e. The van der Waals surface area contributed by atoms with Gasteiger partial charge < -0.3 is 23.7 Å². The molecule has 2 N–H and O–H groups in total. The van der Waals surface area contributed by atoms with Crippen molar-refractivity contribution in [2.75, 3.05) is 33.4 Å². The van der Waals surface area contributed by atoms with E-state index < -0.39 is 30.7 Å². The molecule has 14 heteroatoms. The van der Waals surface area contributed by atoms with Gasteiger partial charge in [-0.25, -0.2) is 14.6 Å². The van der Waals surface area contributed by atoms with Gasteiger partial charge in [-0.05, 0) is 92.1 Å². The van der Waals surface area contributed by atoms with E-state index in [0.717, 1.165) is 45.3 Å². The van der Waals surface area contributed by atoms with Crippen LogP contribution in [0.3, 0.4) is 0 Å². The Balaban J connectivity index is 1.11. The second-order valence-corrected chi connectivity index (χ2v) is 15.3. The number of hydrogen-bond acceptors (Lipinski definition) is 9. The minimum atomic E-state index is -3.06. The van der Waals surface area contributed by atoms with Gasteiger partial charge >= 0.3 is 18.6 Å². The van der Waals surface area contributed by atoms with E-state index in [2.05, 4.69) is 15.2 Å². The summed E-state index contributed by atoms with van der Waals surface area (Å²) in [5, 5.41) is 4.01. The molecule has 0 amide bonds. The van der Waals surface area contributed by atoms with Crippen molar-refractivity contribution in [2.45, 2.75) is 63.5 Å². The number of H-pyrrole nitrogens is 1. The molecule has 4 heterocycles. The summed E-state index contributed by atoms with van der Waals surface area (Å²) in [6, 6.07) is 17.8. The number of benzene rings is 3. The van der Waals surface area contributed by atoms with Crippen molar-refractivity contribution in [1.82, 2.24) is 10.2 Å². The van der Waals surface area contributed by atoms with Gasteiger partial charge in [0.05, 0.1) is 19.3 Å². The van der Waals surface area contributed by atoms with E-state index in [-0.39, 0.29) is 36.1 Å². The number of alkyl halides is 2. The average Bonchev–Trinajstić information content (AvgIpc) is 4.04. The molecule has 56 heavy (non-hydrogen) atoms. The van der Waals surface area contributed by atoms with Crippen LogP contribution in [-0.2, 0) is 27.2 Å². The van der Waals surface area contributed by atoms with Gasteiger partial charge in [0.25, 0.3) is 0 Å². The van der Waals surface area contributed by atoms with Crippen LogP contribution < -0.4 is 24.5 Å². The summed E-state index contributed by atoms with van der Waals surface area (Å²) in [6.45, 7) is 0.272. The molecule has 1 saturated carbocycles. The Kier molecular flexibility index (Phi) is 12.9. The van der Waals surface area contributed by atoms with Crippen LogP contribution in [-0.4, -0.2) is 62.9 Å². The Bertz CT molecular complexity index is 1990. The first-order chi connectivity index (χ1) is 27.1. The monoisotopic (exact) mass is 810 g/mol. The fraction of sp³-hybridized carbons (Fsp3) is 0.405. The maximum atomic E-state index is 13.9. The summed E-state index contributed by atoms with van der Waals surface area (Å²) in [4.78, 5) is 33.0. The maximum absolute atomic E-state index is 13.9. The van der Waals surface area contributed by atoms with E-state index in [1.807, 2.05) is 24.3 Å². The summed E-state index contributed by atoms with van der Waals surface area (Å²) in [7, 11) is 1.56. The summed E-state index contributed by atoms with van der Waals surface area (Å²) < 4.78 is 55.2. The zero-order valence-corrected chi connectivity index (χ0v) is 32.4. The molecule has 10 nitrogen and oxygen atoms in total. The molecular weight excluding hydrogens is 767 g/mol. The number of nitrogens with one attached hydrogen (secondary N) is 2. The van der Waals surface area contributed by atoms with E-state index in [1.165, 1.54) is 6.07 Å². The average molecular weight is 812 g/mol. The molecule has 1 unspecified atom stereocenters. The Morgan fingerprint density at radius 1 is 0.929 bits per heavy atom. The standard InChI is InChI=1S/C42H43Cl2F2N3O7/c1-52-34-8-3-2-7-30(34)39(41(51)55-38-23-49-15-13-27(38)14-16-49)48-20-26-5-4-6-29(17-26)40(50)54-36(19-31-32(43)21-47-22-33(31)44)28-11-12-35(56-42(45)46)37(18-28)53-24-25-9-10-25/h2-8,11-12,17-18,21-22,25,27,36,38-39,42,48H,9-10,13-16,19-20,23-24H2,1H3/p+1/t36-,38-,39?/m0/s1. The molecule has 4 aromatic rings. The van der Waals surface area contributed by atoms with E-state index in [9.17, 15) is 18.4 Å². The Morgan fingerprint density at radius 3 is 2.39 bits per heavy atom. The van der Waals surface area contributed by atoms with Crippen molar-refractivity contribution in [3.8, 4) is 17.2 Å². The van der Waals surface area contributed by atoms with Gasteiger partial charge in [-0.1, -0.05) is 59.6 Å². The highest BCUT2D eigenvalue weighted by molar-refractivity contribution is 6.35. The van der Waals surface area contributed by atoms with Crippen LogP contribution in [0.5, 0.6) is 17.2 Å². The number of aromatic amines is 1. The van der Waals surface area contributed by atoms with Crippen LogP contribution >= 0.6 is 23.2 Å². The minimum absolute atomic E-state index is 0.0682. The van der Waals surface area contributed by atoms with Gasteiger partial charge in [0, 0.05) is 30.6 Å². The molecule has 4 fully saturated rings. The number of piperidine rings is 3. The highest BCUT2D eigenvalue weighted by Gasteiger charge is 2.38. The van der Waals surface area contributed by atoms with E-state index in [4.69, 9.17) is 46.9 Å². The zero-order valence-electron chi connectivity index (χ0n) is 30.9. The molecule has 1 aliphatic carbocycles. The summed E-state index contributed by atoms with van der Waals surface area (Å²) in [6.07, 6.45) is 6.06. The number of carbonyl (C=O) groups is 2. The van der Waals surface area contributed by atoms with Gasteiger partial charge in [0.15, 0.2) is 23.9 Å². The summed E-state index contributed by atoms with van der Waals surface area (Å²) >= 11 is 13.0. The molecular formula is C42H44Cl2F2N3O7+. The lowest BCUT2D eigenvalue weighted by Crippen LogP contribution is -2.52. The van der Waals surface area contributed by atoms with Crippen molar-refractivity contribution < 1.29 is 47.0 Å². The molecule has 3 aliphatic heterocycles. The van der Waals surface area contributed by atoms with Crippen molar-refractivity contribution in [3.05, 3.63) is 117 Å². The Hall–Kier alpha value is -4.49. The predicted octanol–water partition coefficient (Wildman–Crippen LogP) is 7.82. The number of nitrogens with zero attached hydrogens (tertiary/aromatic N) is 1. The third-order valence-electron chi connectivity index (χ3n) is 10.6. The first-order valence-corrected chi connectivity index (χ1v) is 19.5. The molecule has 3 atom stereocenters. The first-order valence-electron chi connectivity index (χ1n) is 18.8. The molecule has 3 saturated heterocycles. The van der Waals surface area contributed by atoms with Crippen molar-refractivity contribution in [1.29, 1.82) is 0 Å². The van der Waals surface area contributed by atoms with Crippen LogP contribution in [0, 0.1) is 11.8 Å². The number of carbonyl (C=O) groups excluding carboxylic acids is 2. The number of aromatic nitrogens is 1. The zero-order chi connectivity index (χ0) is 39.2. The van der Waals surface area contributed by atoms with Gasteiger partial charge in [0.1, 0.15) is 34.0 Å². The van der Waals surface area contributed by atoms with Crippen LogP contribution in [0.2, 0.25) is 10.0 Å². The molecule has 2 bridgehead atoms. The molecule has 3 aromatic carbocycles. The number of esters is 2. The van der Waals surface area contributed by atoms with E-state index in [1.54, 1.807) is 55.9 Å². The first kappa shape index (κ1) is 39.7. The van der Waals surface area contributed by atoms with E-state index in [0.29, 0.717) is 56.5 Å². The Labute approximate surface area is 334 Å². The number of fused-ring (bicyclic) bond motifs is 3. The fourth-order valence-electron chi connectivity index (χ4n) is 7.32. The summed E-state index contributed by atoms with van der Waals surface area (Å²) in [5.74, 6) is 0.166. The van der Waals surface area contributed by atoms with Crippen LogP contribution in [0.15, 0.2) is 79.1 Å². The van der Waals surface area contributed by atoms with Crippen molar-refractivity contribution in [3.63, 3.8) is 0 Å². The molecule has 0 radical (unpaired) electrons. The fourth-order valence-corrected chi connectivity index (χ4v) is 7.85. The quantitative estimate of drug-likeness (QED) is 0.107. The number of hydrogen-bond donors (Lipinski definition) is 1. The lowest BCUT2D eigenvalue weighted by molar-refractivity contribution is -0.377. The number of pyridine rings is 1. The number of rotatable bonds is 17. The lowest BCUT2D eigenvalue weighted by atomic mass is 9.86. The maximum Gasteiger partial charge on any atom is 0.387 e. The van der Waals surface area contributed by atoms with Gasteiger partial charge in [0.2, 0.25) is 0 Å². The second-order valence-electron chi connectivity index (χ2n) is 14.4. The SMILES string of the molecule is COc1ccccc1C(NCc1cccc(C(=O)O[C@@H](Cc2c(Cl)c[nH+]cc2Cl)c2ccc(OC(F)F)c(OCC3CC3)c2)c1)C(=O)O[C@H]1CN2CCC1CC2. The smallest absolute Gasteiger partial charge is 0.387 e. The molecule has 296 valence electrons. The topological polar surface area (TPSA) is 110 Å². The third-order valence-corrected chi connectivity index (χ3v) is 11.3. The van der Waals surface area contributed by atoms with Crippen molar-refractivity contribution >= 4 is 35.1 Å². The van der Waals surface area contributed by atoms with Crippen LogP contribution in [0.4, 0.5) is 8.78 Å². The van der Waals surface area contributed by atoms with Gasteiger partial charge in [-0.3, -0.25) is 10.2 Å². The van der Waals surface area contributed by atoms with Crippen molar-refractivity contribution in [2.24, 2.45) is 11.8 Å². The third kappa shape index (κ3) is 9.90. The normalized spacial score (nSPS) is 19.9. The van der Waals surface area contributed by atoms with Crippen LogP contribution in [0.1, 0.15) is 70.4 Å². The number of methoxy groups -OCH3 is 1. The van der Waals surface area contributed by atoms with Gasteiger partial charge in [-0.15, -0.1) is 0 Å². The lowest BCUT2D eigenvalue weighted by Gasteiger charge is -2.44. The molecule has 4 aliphatic rings. The highest BCUT2D eigenvalue weighted by Crippen LogP contribution is 2.38. The predicted molar refractivity (Wildman–Crippen MR) is 204 cm³/mol. The molecule has 0 spiro atoms. The molecule has 1 aromatic heterocycles. The van der Waals surface area contributed by atoms with Gasteiger partial charge in [-0.2, -0.15) is 8.78 Å². The summed E-state index contributed by atoms with van der Waals surface area (Å²) in [5.41, 5.74) is 2.58. The van der Waals surface area contributed by atoms with Crippen LogP contribution in [0.25, 0.3) is 0 Å². The number of halogens is 4. The second kappa shape index (κ2) is 18.2. The van der Waals surface area contributed by atoms with E-state index >= 15 is 0 Å². The Morgan fingerprint density at radius 2 is 1.70 bits per heavy atom. The highest BCUT2D eigenvalue weighted by atomic mass is 35.5. The number of para-hydroxylation sites is 1. The number of ether oxygens (including phenoxy) is 5.